The van der Waals surface area contributed by atoms with Crippen LogP contribution in [0.15, 0.2) is 6.33 Å². The second-order valence-corrected chi connectivity index (χ2v) is 2.65. The third-order valence-electron chi connectivity index (χ3n) is 0.835. The number of carboxylic acids is 1. The number of hydrogen-bond acceptors (Lipinski definition) is 6. The molecule has 0 radical (unpaired) electrons. The van der Waals surface area contributed by atoms with Gasteiger partial charge in [0.05, 0.1) is 11.8 Å². The minimum absolute atomic E-state index is 0. The van der Waals surface area contributed by atoms with Crippen LogP contribution in [0.5, 0.6) is 0 Å². The van der Waals surface area contributed by atoms with Crippen LogP contribution in [-0.2, 0) is 10.7 Å². The number of rotatable bonds is 4. The molecule has 6 nitrogen and oxygen atoms in total. The van der Waals surface area contributed by atoms with Crippen molar-refractivity contribution in [2.75, 3.05) is 5.75 Å². The average molecular weight is 212 g/mol. The van der Waals surface area contributed by atoms with E-state index in [2.05, 4.69) is 15.5 Å². The Balaban J connectivity index is 0.00000121. The number of hydrogen-bond donors (Lipinski definition) is 0. The molecule has 0 aliphatic carbocycles. The van der Waals surface area contributed by atoms with Crippen molar-refractivity contribution in [1.82, 2.24) is 20.2 Å². The van der Waals surface area contributed by atoms with Gasteiger partial charge in [-0.3, -0.25) is 0 Å². The molecule has 1 heterocycles. The summed E-state index contributed by atoms with van der Waals surface area (Å²) < 4.78 is 1.44. The zero-order valence-corrected chi connectivity index (χ0v) is 10.4. The third kappa shape index (κ3) is 5.22. The minimum Gasteiger partial charge on any atom is -0.549 e. The molecule has 0 aliphatic heterocycles. The maximum absolute atomic E-state index is 9.93. The summed E-state index contributed by atoms with van der Waals surface area (Å²) in [5.74, 6) is -0.691. The van der Waals surface area contributed by atoms with E-state index in [-0.39, 0.29) is 57.1 Å². The smallest absolute Gasteiger partial charge is 0.549 e. The van der Waals surface area contributed by atoms with Crippen LogP contribution < -0.4 is 56.5 Å². The average Bonchev–Trinajstić information content (AvgIpc) is 2.39. The second-order valence-electron chi connectivity index (χ2n) is 1.70. The predicted molar refractivity (Wildman–Crippen MR) is 35.3 cm³/mol. The first-order chi connectivity index (χ1) is 5.29. The van der Waals surface area contributed by atoms with E-state index in [1.54, 1.807) is 0 Å². The molecule has 12 heavy (non-hydrogen) atoms. The monoisotopic (exact) mass is 212 g/mol. The Hall–Kier alpha value is 0.526. The molecule has 60 valence electrons. The molecule has 0 fully saturated rings. The molecule has 0 spiro atoms. The predicted octanol–water partition coefficient (Wildman–Crippen LogP) is -4.88. The van der Waals surface area contributed by atoms with Crippen LogP contribution in [-0.4, -0.2) is 31.9 Å². The number of carbonyl (C=O) groups is 1. The van der Waals surface area contributed by atoms with Gasteiger partial charge < -0.3 is 9.90 Å². The van der Waals surface area contributed by atoms with E-state index in [0.29, 0.717) is 5.88 Å². The molecule has 0 saturated carbocycles. The van der Waals surface area contributed by atoms with E-state index in [9.17, 15) is 9.90 Å². The van der Waals surface area contributed by atoms with Crippen molar-refractivity contribution in [3.8, 4) is 0 Å². The molecule has 0 saturated heterocycles. The third-order valence-corrected chi connectivity index (χ3v) is 1.72. The minimum atomic E-state index is -1.08. The molecule has 0 aromatic carbocycles. The number of thioether (sulfide) groups is 1. The number of aliphatic carboxylic acids is 1. The maximum Gasteiger partial charge on any atom is 1.00 e. The van der Waals surface area contributed by atoms with Gasteiger partial charge in [-0.15, -0.1) is 16.9 Å². The summed E-state index contributed by atoms with van der Waals surface area (Å²) >= 11 is 1.18. The molecule has 0 unspecified atom stereocenters. The number of tetrazole rings is 1. The number of carbonyl (C=O) groups excluding carboxylic acids is 1. The van der Waals surface area contributed by atoms with Crippen LogP contribution in [0.25, 0.3) is 0 Å². The first-order valence-electron chi connectivity index (χ1n) is 2.77. The van der Waals surface area contributed by atoms with Crippen LogP contribution in [0.3, 0.4) is 0 Å². The van der Waals surface area contributed by atoms with Gasteiger partial charge in [-0.05, 0) is 10.4 Å². The molecule has 0 bridgehead atoms. The Morgan fingerprint density at radius 3 is 2.92 bits per heavy atom. The molecule has 0 amide bonds. The fourth-order valence-corrected chi connectivity index (χ4v) is 1.03. The van der Waals surface area contributed by atoms with Crippen molar-refractivity contribution in [3.63, 3.8) is 0 Å². The normalized spacial score (nSPS) is 9.00. The topological polar surface area (TPSA) is 83.7 Å². The van der Waals surface area contributed by atoms with Gasteiger partial charge in [0.1, 0.15) is 6.33 Å². The summed E-state index contributed by atoms with van der Waals surface area (Å²) in [7, 11) is 0. The van der Waals surface area contributed by atoms with Crippen LogP contribution in [0.1, 0.15) is 0 Å². The van der Waals surface area contributed by atoms with E-state index in [0.717, 1.165) is 0 Å². The van der Waals surface area contributed by atoms with Gasteiger partial charge in [-0.25, -0.2) is 4.68 Å². The molecule has 8 heteroatoms. The van der Waals surface area contributed by atoms with Crippen molar-refractivity contribution >= 4 is 17.7 Å². The standard InChI is InChI=1S/C4H6N4O2S.K/c9-4(10)1-11-3-8-2-5-6-7-8;/h2H,1,3H2,(H,9,10);/q;+1/p-1. The quantitative estimate of drug-likeness (QED) is 0.465. The molecule has 1 aromatic rings. The van der Waals surface area contributed by atoms with Gasteiger partial charge in [0, 0.05) is 5.75 Å². The van der Waals surface area contributed by atoms with Crippen molar-refractivity contribution in [2.45, 2.75) is 5.88 Å². The van der Waals surface area contributed by atoms with Gasteiger partial charge in [-0.2, -0.15) is 0 Å². The molecule has 0 aliphatic rings. The summed E-state index contributed by atoms with van der Waals surface area (Å²) in [5, 5.41) is 20.2. The summed E-state index contributed by atoms with van der Waals surface area (Å²) in [5.41, 5.74) is 0. The van der Waals surface area contributed by atoms with Gasteiger partial charge in [0.2, 0.25) is 0 Å². The van der Waals surface area contributed by atoms with E-state index in [4.69, 9.17) is 0 Å². The van der Waals surface area contributed by atoms with Crippen molar-refractivity contribution < 1.29 is 61.3 Å². The fourth-order valence-electron chi connectivity index (χ4n) is 0.462. The van der Waals surface area contributed by atoms with Gasteiger partial charge in [-0.1, -0.05) is 0 Å². The number of carboxylic acid groups (broad SMARTS) is 1. The van der Waals surface area contributed by atoms with Crippen molar-refractivity contribution in [2.24, 2.45) is 0 Å². The van der Waals surface area contributed by atoms with Crippen LogP contribution in [0.4, 0.5) is 0 Å². The van der Waals surface area contributed by atoms with Crippen LogP contribution in [0.2, 0.25) is 0 Å². The molecule has 1 aromatic heterocycles. The van der Waals surface area contributed by atoms with Crippen LogP contribution in [0, 0.1) is 0 Å². The summed E-state index contributed by atoms with van der Waals surface area (Å²) in [6.45, 7) is 0. The Morgan fingerprint density at radius 1 is 1.67 bits per heavy atom. The second kappa shape index (κ2) is 6.98. The zero-order valence-electron chi connectivity index (χ0n) is 6.51. The Kier molecular flexibility index (Phi) is 7.29. The zero-order chi connectivity index (χ0) is 8.10. The number of nitrogens with zero attached hydrogens (tertiary/aromatic N) is 4. The Morgan fingerprint density at radius 2 is 2.42 bits per heavy atom. The first-order valence-corrected chi connectivity index (χ1v) is 3.93. The maximum atomic E-state index is 9.93. The molecular weight excluding hydrogens is 207 g/mol. The Bertz CT molecular complexity index is 229. The van der Waals surface area contributed by atoms with Crippen molar-refractivity contribution in [3.05, 3.63) is 6.33 Å². The molecular formula is C4H5KN4O2S. The molecule has 0 atom stereocenters. The largest absolute Gasteiger partial charge is 1.00 e. The molecule has 1 rings (SSSR count). The fraction of sp³-hybridized carbons (Fsp3) is 0.500. The number of aromatic nitrogens is 4. The Labute approximate surface area is 116 Å². The van der Waals surface area contributed by atoms with Gasteiger partial charge in [0.25, 0.3) is 0 Å². The SMILES string of the molecule is O=C([O-])CSCn1cnnn1.[K+]. The van der Waals surface area contributed by atoms with Crippen molar-refractivity contribution in [1.29, 1.82) is 0 Å². The first kappa shape index (κ1) is 12.5. The van der Waals surface area contributed by atoms with E-state index in [1.165, 1.54) is 22.8 Å². The molecule has 0 N–H and O–H groups in total. The van der Waals surface area contributed by atoms with E-state index < -0.39 is 5.97 Å². The van der Waals surface area contributed by atoms with Crippen LogP contribution >= 0.6 is 11.8 Å². The van der Waals surface area contributed by atoms with Gasteiger partial charge >= 0.3 is 51.4 Å². The summed E-state index contributed by atoms with van der Waals surface area (Å²) in [6, 6.07) is 0. The van der Waals surface area contributed by atoms with Gasteiger partial charge in [0.15, 0.2) is 0 Å². The van der Waals surface area contributed by atoms with E-state index in [1.807, 2.05) is 0 Å². The summed E-state index contributed by atoms with van der Waals surface area (Å²) in [4.78, 5) is 9.93. The van der Waals surface area contributed by atoms with E-state index >= 15 is 0 Å². The summed E-state index contributed by atoms with van der Waals surface area (Å²) in [6.07, 6.45) is 1.42.